The second-order valence-electron chi connectivity index (χ2n) is 12.0. The van der Waals surface area contributed by atoms with Crippen LogP contribution in [0.4, 0.5) is 0 Å². The van der Waals surface area contributed by atoms with E-state index in [1.165, 1.54) is 33.3 Å². The summed E-state index contributed by atoms with van der Waals surface area (Å²) in [6.45, 7) is 11.1. The highest BCUT2D eigenvalue weighted by molar-refractivity contribution is 7.99. The minimum Gasteiger partial charge on any atom is -0.486 e. The molecule has 1 aromatic heterocycles. The van der Waals surface area contributed by atoms with E-state index in [9.17, 15) is 19.2 Å². The number of hydrogen-bond acceptors (Lipinski definition) is 12. The van der Waals surface area contributed by atoms with Gasteiger partial charge in [-0.1, -0.05) is 62.9 Å². The van der Waals surface area contributed by atoms with Crippen LogP contribution >= 0.6 is 11.8 Å². The first-order valence-corrected chi connectivity index (χ1v) is 15.9. The molecular formula is C33H40N4O9S. The molecule has 252 valence electrons. The molecule has 1 N–H and O–H groups in total. The molecule has 13 nitrogen and oxygen atoms in total. The number of benzene rings is 2. The molecule has 1 aliphatic heterocycles. The summed E-state index contributed by atoms with van der Waals surface area (Å²) in [5, 5.41) is 12.0. The summed E-state index contributed by atoms with van der Waals surface area (Å²) in [4.78, 5) is 48.5. The van der Waals surface area contributed by atoms with Gasteiger partial charge in [-0.2, -0.15) is 0 Å². The van der Waals surface area contributed by atoms with Gasteiger partial charge in [-0.05, 0) is 35.2 Å². The van der Waals surface area contributed by atoms with E-state index in [1.54, 1.807) is 4.57 Å². The number of ether oxygens (including phenoxy) is 5. The van der Waals surface area contributed by atoms with Crippen LogP contribution < -0.4 is 10.1 Å². The van der Waals surface area contributed by atoms with Crippen molar-refractivity contribution in [2.45, 2.75) is 95.4 Å². The van der Waals surface area contributed by atoms with Gasteiger partial charge < -0.3 is 29.0 Å². The molecule has 0 radical (unpaired) electrons. The maximum atomic E-state index is 12.4. The molecule has 1 amide bonds. The lowest BCUT2D eigenvalue weighted by Crippen LogP contribution is -2.65. The number of carbonyl (C=O) groups excluding carboxylic acids is 4. The van der Waals surface area contributed by atoms with E-state index < -0.39 is 53.6 Å². The molecule has 0 saturated carbocycles. The summed E-state index contributed by atoms with van der Waals surface area (Å²) in [5.74, 6) is -1.26. The lowest BCUT2D eigenvalue weighted by atomic mass is 9.87. The van der Waals surface area contributed by atoms with Gasteiger partial charge in [-0.15, -0.1) is 10.2 Å². The zero-order valence-corrected chi connectivity index (χ0v) is 28.2. The van der Waals surface area contributed by atoms with E-state index in [4.69, 9.17) is 23.7 Å². The number of nitrogens with zero attached hydrogens (tertiary/aromatic N) is 3. The van der Waals surface area contributed by atoms with Gasteiger partial charge in [-0.3, -0.25) is 23.7 Å². The fraction of sp³-hybridized carbons (Fsp3) is 0.455. The van der Waals surface area contributed by atoms with Crippen LogP contribution in [-0.4, -0.2) is 75.0 Å². The molecule has 1 aliphatic rings. The van der Waals surface area contributed by atoms with Gasteiger partial charge >= 0.3 is 17.9 Å². The quantitative estimate of drug-likeness (QED) is 0.233. The van der Waals surface area contributed by atoms with E-state index in [0.717, 1.165) is 17.4 Å². The van der Waals surface area contributed by atoms with E-state index in [-0.39, 0.29) is 18.6 Å². The van der Waals surface area contributed by atoms with Crippen molar-refractivity contribution in [3.8, 4) is 11.4 Å². The molecule has 1 saturated heterocycles. The fourth-order valence-corrected chi connectivity index (χ4v) is 6.18. The first-order valence-electron chi connectivity index (χ1n) is 15.0. The highest BCUT2D eigenvalue weighted by atomic mass is 32.2. The van der Waals surface area contributed by atoms with Gasteiger partial charge in [0, 0.05) is 33.4 Å². The van der Waals surface area contributed by atoms with Crippen LogP contribution in [0.15, 0.2) is 59.8 Å². The molecule has 3 aromatic rings. The van der Waals surface area contributed by atoms with Crippen molar-refractivity contribution >= 4 is 35.6 Å². The molecule has 0 spiro atoms. The van der Waals surface area contributed by atoms with Crippen LogP contribution in [-0.2, 0) is 50.1 Å². The largest absolute Gasteiger partial charge is 0.486 e. The molecule has 1 fully saturated rings. The van der Waals surface area contributed by atoms with Crippen molar-refractivity contribution in [2.75, 3.05) is 6.61 Å². The minimum atomic E-state index is -1.20. The van der Waals surface area contributed by atoms with Gasteiger partial charge in [0.1, 0.15) is 36.5 Å². The number of hydrogen-bond donors (Lipinski definition) is 1. The Morgan fingerprint density at radius 1 is 0.872 bits per heavy atom. The maximum Gasteiger partial charge on any atom is 0.303 e. The molecule has 47 heavy (non-hydrogen) atoms. The molecule has 2 heterocycles. The Hall–Kier alpha value is -4.43. The second-order valence-corrected chi connectivity index (χ2v) is 13.0. The van der Waals surface area contributed by atoms with E-state index >= 15 is 0 Å². The number of rotatable bonds is 11. The number of aromatic nitrogens is 3. The number of carbonyl (C=O) groups is 4. The molecule has 5 atom stereocenters. The third-order valence-electron chi connectivity index (χ3n) is 7.10. The zero-order chi connectivity index (χ0) is 34.3. The van der Waals surface area contributed by atoms with Gasteiger partial charge in [0.25, 0.3) is 0 Å². The Kier molecular flexibility index (Phi) is 11.6. The summed E-state index contributed by atoms with van der Waals surface area (Å²) in [7, 11) is 0. The Morgan fingerprint density at radius 2 is 1.51 bits per heavy atom. The van der Waals surface area contributed by atoms with Crippen LogP contribution in [0.3, 0.4) is 0 Å². The van der Waals surface area contributed by atoms with Crippen LogP contribution in [0.25, 0.3) is 5.69 Å². The lowest BCUT2D eigenvalue weighted by molar-refractivity contribution is -0.211. The number of esters is 3. The Labute approximate surface area is 277 Å². The third kappa shape index (κ3) is 9.55. The maximum absolute atomic E-state index is 12.4. The SMILES string of the molecule is CC(=O)NC1C(Sc2nnc(COc3ccc(C(C)(C)C)cc3)n2-c2ccccc2)OC(COC(C)=O)C(OC(C)=O)C1OC(C)=O. The molecule has 2 aromatic carbocycles. The predicted octanol–water partition coefficient (Wildman–Crippen LogP) is 3.89. The highest BCUT2D eigenvalue weighted by Gasteiger charge is 2.51. The minimum absolute atomic E-state index is 0.00167. The topological polar surface area (TPSA) is 157 Å². The van der Waals surface area contributed by atoms with Crippen LogP contribution in [0.1, 0.15) is 59.9 Å². The van der Waals surface area contributed by atoms with Gasteiger partial charge in [0.2, 0.25) is 5.91 Å². The first kappa shape index (κ1) is 35.4. The summed E-state index contributed by atoms with van der Waals surface area (Å²) < 4.78 is 30.6. The highest BCUT2D eigenvalue weighted by Crippen LogP contribution is 2.37. The van der Waals surface area contributed by atoms with Gasteiger partial charge in [0.15, 0.2) is 23.2 Å². The third-order valence-corrected chi connectivity index (χ3v) is 8.21. The van der Waals surface area contributed by atoms with Crippen molar-refractivity contribution in [1.29, 1.82) is 0 Å². The Bertz CT molecular complexity index is 1560. The van der Waals surface area contributed by atoms with E-state index in [2.05, 4.69) is 36.3 Å². The summed E-state index contributed by atoms with van der Waals surface area (Å²) >= 11 is 1.10. The predicted molar refractivity (Wildman–Crippen MR) is 171 cm³/mol. The van der Waals surface area contributed by atoms with E-state index in [0.29, 0.717) is 16.7 Å². The monoisotopic (exact) mass is 668 g/mol. The average molecular weight is 669 g/mol. The Morgan fingerprint density at radius 3 is 2.09 bits per heavy atom. The Balaban J connectivity index is 1.70. The lowest BCUT2D eigenvalue weighted by Gasteiger charge is -2.44. The van der Waals surface area contributed by atoms with Crippen molar-refractivity contribution in [1.82, 2.24) is 20.1 Å². The van der Waals surface area contributed by atoms with Crippen molar-refractivity contribution in [3.63, 3.8) is 0 Å². The van der Waals surface area contributed by atoms with Gasteiger partial charge in [-0.25, -0.2) is 0 Å². The zero-order valence-electron chi connectivity index (χ0n) is 27.4. The molecule has 5 unspecified atom stereocenters. The standard InChI is InChI=1S/C33H40N4O9S/c1-19(38)34-28-30(45-22(4)41)29(44-21(3)40)26(17-42-20(2)39)46-31(28)47-32-36-35-27(37(32)24-11-9-8-10-12-24)18-43-25-15-13-23(14-16-25)33(5,6)7/h8-16,26,28-31H,17-18H2,1-7H3,(H,34,38). The van der Waals surface area contributed by atoms with Crippen LogP contribution in [0, 0.1) is 0 Å². The number of amides is 1. The van der Waals surface area contributed by atoms with Crippen molar-refractivity contribution in [3.05, 3.63) is 66.0 Å². The molecule has 0 aliphatic carbocycles. The molecule has 4 rings (SSSR count). The number of nitrogens with one attached hydrogen (secondary N) is 1. The molecule has 0 bridgehead atoms. The normalized spacial score (nSPS) is 21.0. The average Bonchev–Trinajstić information content (AvgIpc) is 3.39. The van der Waals surface area contributed by atoms with Crippen LogP contribution in [0.2, 0.25) is 0 Å². The fourth-order valence-electron chi connectivity index (χ4n) is 5.00. The van der Waals surface area contributed by atoms with Crippen molar-refractivity contribution < 1.29 is 42.9 Å². The summed E-state index contributed by atoms with van der Waals surface area (Å²) in [6.07, 6.45) is -3.45. The van der Waals surface area contributed by atoms with Gasteiger partial charge in [0.05, 0.1) is 0 Å². The number of para-hydroxylation sites is 1. The first-order chi connectivity index (χ1) is 22.2. The van der Waals surface area contributed by atoms with Crippen molar-refractivity contribution in [2.24, 2.45) is 0 Å². The summed E-state index contributed by atoms with van der Waals surface area (Å²) in [6, 6.07) is 16.2. The molecule has 14 heteroatoms. The summed E-state index contributed by atoms with van der Waals surface area (Å²) in [5.41, 5.74) is 0.936. The molecular weight excluding hydrogens is 628 g/mol. The number of thioether (sulfide) groups is 1. The van der Waals surface area contributed by atoms with E-state index in [1.807, 2.05) is 54.6 Å². The smallest absolute Gasteiger partial charge is 0.303 e. The second kappa shape index (κ2) is 15.4. The van der Waals surface area contributed by atoms with Crippen LogP contribution in [0.5, 0.6) is 5.75 Å².